The number of fused-ring (bicyclic) bond motifs is 1. The highest BCUT2D eigenvalue weighted by atomic mass is 19.1. The quantitative estimate of drug-likeness (QED) is 0.577. The van der Waals surface area contributed by atoms with Crippen molar-refractivity contribution in [2.24, 2.45) is 5.92 Å². The molecule has 5 nitrogen and oxygen atoms in total. The average molecular weight is 408 g/mol. The van der Waals surface area contributed by atoms with Gasteiger partial charge in [0.15, 0.2) is 0 Å². The van der Waals surface area contributed by atoms with Crippen LogP contribution in [0.3, 0.4) is 0 Å². The lowest BCUT2D eigenvalue weighted by Gasteiger charge is -2.47. The first-order valence-electron chi connectivity index (χ1n) is 10.5. The van der Waals surface area contributed by atoms with Crippen LogP contribution >= 0.6 is 0 Å². The highest BCUT2D eigenvalue weighted by Gasteiger charge is 2.40. The van der Waals surface area contributed by atoms with E-state index in [1.54, 1.807) is 52.3 Å². The Kier molecular flexibility index (Phi) is 5.93. The number of hydrogen-bond donors (Lipinski definition) is 0. The summed E-state index contributed by atoms with van der Waals surface area (Å²) in [6.45, 7) is 1.63. The SMILES string of the molecule is O=C(C(=O)N1CCC[C@@H]2CN(C(=O)Cc3ccccc3F)CC[C@@H]21)c1ccccc1. The first kappa shape index (κ1) is 20.3. The Labute approximate surface area is 175 Å². The van der Waals surface area contributed by atoms with Crippen LogP contribution in [-0.2, 0) is 16.0 Å². The number of hydrogen-bond acceptors (Lipinski definition) is 3. The fraction of sp³-hybridized carbons (Fsp3) is 0.375. The molecule has 0 bridgehead atoms. The van der Waals surface area contributed by atoms with Crippen LogP contribution in [-0.4, -0.2) is 53.1 Å². The molecule has 2 aromatic rings. The van der Waals surface area contributed by atoms with E-state index in [0.29, 0.717) is 37.2 Å². The number of carbonyl (C=O) groups is 3. The molecule has 0 spiro atoms. The van der Waals surface area contributed by atoms with Crippen molar-refractivity contribution in [3.05, 3.63) is 71.5 Å². The van der Waals surface area contributed by atoms with E-state index in [0.717, 1.165) is 12.8 Å². The second-order valence-corrected chi connectivity index (χ2v) is 8.06. The van der Waals surface area contributed by atoms with Gasteiger partial charge in [0.05, 0.1) is 6.42 Å². The molecule has 2 saturated heterocycles. The summed E-state index contributed by atoms with van der Waals surface area (Å²) in [5.41, 5.74) is 0.806. The molecule has 2 fully saturated rings. The van der Waals surface area contributed by atoms with Gasteiger partial charge in [0, 0.05) is 31.2 Å². The molecule has 4 rings (SSSR count). The van der Waals surface area contributed by atoms with Crippen LogP contribution in [0.15, 0.2) is 54.6 Å². The summed E-state index contributed by atoms with van der Waals surface area (Å²) < 4.78 is 13.9. The van der Waals surface area contributed by atoms with E-state index in [-0.39, 0.29) is 30.1 Å². The lowest BCUT2D eigenvalue weighted by atomic mass is 9.83. The van der Waals surface area contributed by atoms with Crippen LogP contribution < -0.4 is 0 Å². The predicted molar refractivity (Wildman–Crippen MR) is 110 cm³/mol. The maximum Gasteiger partial charge on any atom is 0.295 e. The Balaban J connectivity index is 1.41. The Morgan fingerprint density at radius 1 is 0.933 bits per heavy atom. The predicted octanol–water partition coefficient (Wildman–Crippen LogP) is 3.09. The van der Waals surface area contributed by atoms with Gasteiger partial charge < -0.3 is 9.80 Å². The molecule has 30 heavy (non-hydrogen) atoms. The first-order valence-corrected chi connectivity index (χ1v) is 10.5. The third kappa shape index (κ3) is 4.13. The minimum absolute atomic E-state index is 0.0311. The number of ketones is 1. The van der Waals surface area contributed by atoms with Crippen molar-refractivity contribution in [1.29, 1.82) is 0 Å². The van der Waals surface area contributed by atoms with Gasteiger partial charge in [0.1, 0.15) is 5.82 Å². The fourth-order valence-corrected chi connectivity index (χ4v) is 4.64. The van der Waals surface area contributed by atoms with Crippen molar-refractivity contribution >= 4 is 17.6 Å². The molecule has 0 aliphatic carbocycles. The summed E-state index contributed by atoms with van der Waals surface area (Å²) in [5.74, 6) is -1.25. The highest BCUT2D eigenvalue weighted by Crippen LogP contribution is 2.31. The average Bonchev–Trinajstić information content (AvgIpc) is 2.79. The molecule has 0 saturated carbocycles. The second-order valence-electron chi connectivity index (χ2n) is 8.06. The van der Waals surface area contributed by atoms with Crippen molar-refractivity contribution in [2.75, 3.05) is 19.6 Å². The van der Waals surface area contributed by atoms with E-state index in [4.69, 9.17) is 0 Å². The maximum atomic E-state index is 13.9. The Morgan fingerprint density at radius 2 is 1.67 bits per heavy atom. The van der Waals surface area contributed by atoms with E-state index in [9.17, 15) is 18.8 Å². The number of rotatable bonds is 4. The zero-order valence-corrected chi connectivity index (χ0v) is 16.8. The molecule has 156 valence electrons. The molecule has 0 unspecified atom stereocenters. The molecule has 2 aromatic carbocycles. The van der Waals surface area contributed by atoms with Gasteiger partial charge in [0.2, 0.25) is 11.7 Å². The Bertz CT molecular complexity index is 946. The van der Waals surface area contributed by atoms with Gasteiger partial charge in [-0.1, -0.05) is 48.5 Å². The van der Waals surface area contributed by atoms with Crippen LogP contribution in [0.1, 0.15) is 35.2 Å². The van der Waals surface area contributed by atoms with Crippen LogP contribution in [0.2, 0.25) is 0 Å². The molecule has 0 aromatic heterocycles. The molecule has 6 heteroatoms. The smallest absolute Gasteiger partial charge is 0.295 e. The van der Waals surface area contributed by atoms with E-state index >= 15 is 0 Å². The molecular weight excluding hydrogens is 383 g/mol. The van der Waals surface area contributed by atoms with E-state index in [1.165, 1.54) is 6.07 Å². The second kappa shape index (κ2) is 8.78. The van der Waals surface area contributed by atoms with E-state index < -0.39 is 11.7 Å². The number of likely N-dealkylation sites (tertiary alicyclic amines) is 2. The van der Waals surface area contributed by atoms with Crippen molar-refractivity contribution in [3.63, 3.8) is 0 Å². The van der Waals surface area contributed by atoms with Gasteiger partial charge >= 0.3 is 0 Å². The Hall–Kier alpha value is -3.02. The van der Waals surface area contributed by atoms with Gasteiger partial charge in [-0.05, 0) is 36.8 Å². The molecule has 0 radical (unpaired) electrons. The van der Waals surface area contributed by atoms with Crippen LogP contribution in [0.5, 0.6) is 0 Å². The van der Waals surface area contributed by atoms with Gasteiger partial charge in [-0.3, -0.25) is 14.4 Å². The largest absolute Gasteiger partial charge is 0.342 e. The number of amides is 2. The third-order valence-corrected chi connectivity index (χ3v) is 6.21. The zero-order valence-electron chi connectivity index (χ0n) is 16.8. The maximum absolute atomic E-state index is 13.9. The Morgan fingerprint density at radius 3 is 2.43 bits per heavy atom. The summed E-state index contributed by atoms with van der Waals surface area (Å²) in [6, 6.07) is 14.9. The van der Waals surface area contributed by atoms with E-state index in [2.05, 4.69) is 0 Å². The zero-order chi connectivity index (χ0) is 21.1. The minimum atomic E-state index is -0.477. The topological polar surface area (TPSA) is 57.7 Å². The molecule has 2 amide bonds. The standard InChI is InChI=1S/C24H25FN2O3/c25-20-11-5-4-9-18(20)15-22(28)26-14-12-21-19(16-26)10-6-13-27(21)24(30)23(29)17-7-2-1-3-8-17/h1-5,7-9,11,19,21H,6,10,12-16H2/t19-,21+/m1/s1. The van der Waals surface area contributed by atoms with Crippen LogP contribution in [0, 0.1) is 11.7 Å². The summed E-state index contributed by atoms with van der Waals surface area (Å²) in [6.07, 6.45) is 2.41. The van der Waals surface area contributed by atoms with Crippen molar-refractivity contribution < 1.29 is 18.8 Å². The lowest BCUT2D eigenvalue weighted by Crippen LogP contribution is -2.58. The number of halogens is 1. The lowest BCUT2D eigenvalue weighted by molar-refractivity contribution is -0.138. The summed E-state index contributed by atoms with van der Waals surface area (Å²) in [5, 5.41) is 0. The third-order valence-electron chi connectivity index (χ3n) is 6.21. The monoisotopic (exact) mass is 408 g/mol. The minimum Gasteiger partial charge on any atom is -0.342 e. The highest BCUT2D eigenvalue weighted by molar-refractivity contribution is 6.42. The van der Waals surface area contributed by atoms with Crippen molar-refractivity contribution in [2.45, 2.75) is 31.7 Å². The number of Topliss-reactive ketones (excluding diaryl/α,β-unsaturated/α-hetero) is 1. The van der Waals surface area contributed by atoms with E-state index in [1.807, 2.05) is 6.07 Å². The molecule has 2 atom stereocenters. The normalized spacial score (nSPS) is 21.1. The number of benzene rings is 2. The van der Waals surface area contributed by atoms with Crippen molar-refractivity contribution in [3.8, 4) is 0 Å². The van der Waals surface area contributed by atoms with Gasteiger partial charge in [-0.25, -0.2) is 4.39 Å². The number of piperidine rings is 2. The van der Waals surface area contributed by atoms with Crippen LogP contribution in [0.4, 0.5) is 4.39 Å². The summed E-state index contributed by atoms with van der Waals surface area (Å²) in [7, 11) is 0. The summed E-state index contributed by atoms with van der Waals surface area (Å²) in [4.78, 5) is 41.8. The van der Waals surface area contributed by atoms with Crippen LogP contribution in [0.25, 0.3) is 0 Å². The first-order chi connectivity index (χ1) is 14.5. The van der Waals surface area contributed by atoms with Crippen molar-refractivity contribution in [1.82, 2.24) is 9.80 Å². The molecule has 2 heterocycles. The fourth-order valence-electron chi connectivity index (χ4n) is 4.64. The van der Waals surface area contributed by atoms with Gasteiger partial charge in [-0.2, -0.15) is 0 Å². The molecular formula is C24H25FN2O3. The number of nitrogens with zero attached hydrogens (tertiary/aromatic N) is 2. The summed E-state index contributed by atoms with van der Waals surface area (Å²) >= 11 is 0. The molecule has 2 aliphatic rings. The molecule has 2 aliphatic heterocycles. The molecule has 0 N–H and O–H groups in total. The number of carbonyl (C=O) groups excluding carboxylic acids is 3. The van der Waals surface area contributed by atoms with Gasteiger partial charge in [0.25, 0.3) is 5.91 Å². The van der Waals surface area contributed by atoms with Gasteiger partial charge in [-0.15, -0.1) is 0 Å².